The van der Waals surface area contributed by atoms with Crippen molar-refractivity contribution in [3.63, 3.8) is 0 Å². The maximum atomic E-state index is 5.13. The van der Waals surface area contributed by atoms with Gasteiger partial charge >= 0.3 is 0 Å². The van der Waals surface area contributed by atoms with E-state index >= 15 is 0 Å². The molecule has 98 valence electrons. The van der Waals surface area contributed by atoms with E-state index in [4.69, 9.17) is 9.47 Å². The van der Waals surface area contributed by atoms with Gasteiger partial charge in [-0.1, -0.05) is 40.0 Å². The Morgan fingerprint density at radius 1 is 1.12 bits per heavy atom. The van der Waals surface area contributed by atoms with Crippen molar-refractivity contribution in [1.29, 1.82) is 0 Å². The molecule has 0 radical (unpaired) electrons. The summed E-state index contributed by atoms with van der Waals surface area (Å²) < 4.78 is 10.3. The summed E-state index contributed by atoms with van der Waals surface area (Å²) in [5.41, 5.74) is 0.362. The number of ether oxygens (including phenoxy) is 2. The van der Waals surface area contributed by atoms with Gasteiger partial charge in [0.05, 0.1) is 0 Å². The summed E-state index contributed by atoms with van der Waals surface area (Å²) in [5, 5.41) is 3.40. The fourth-order valence-electron chi connectivity index (χ4n) is 1.73. The third-order valence-electron chi connectivity index (χ3n) is 2.90. The molecule has 1 N–H and O–H groups in total. The normalized spacial score (nSPS) is 12.4. The molecule has 0 amide bonds. The third-order valence-corrected chi connectivity index (χ3v) is 2.90. The van der Waals surface area contributed by atoms with Crippen LogP contribution < -0.4 is 5.32 Å². The van der Waals surface area contributed by atoms with E-state index in [-0.39, 0.29) is 6.29 Å². The van der Waals surface area contributed by atoms with E-state index in [9.17, 15) is 0 Å². The number of hydrogen-bond acceptors (Lipinski definition) is 3. The van der Waals surface area contributed by atoms with Crippen LogP contribution in [-0.2, 0) is 9.47 Å². The van der Waals surface area contributed by atoms with E-state index in [1.54, 1.807) is 14.2 Å². The highest BCUT2D eigenvalue weighted by atomic mass is 16.7. The minimum Gasteiger partial charge on any atom is -0.355 e. The van der Waals surface area contributed by atoms with Gasteiger partial charge in [0.1, 0.15) is 0 Å². The highest BCUT2D eigenvalue weighted by molar-refractivity contribution is 4.71. The van der Waals surface area contributed by atoms with E-state index in [0.717, 1.165) is 13.1 Å². The number of unbranched alkanes of at least 4 members (excludes halogenated alkanes) is 2. The second-order valence-electron chi connectivity index (χ2n) is 5.15. The van der Waals surface area contributed by atoms with Crippen molar-refractivity contribution in [3.05, 3.63) is 0 Å². The van der Waals surface area contributed by atoms with Gasteiger partial charge in [0.2, 0.25) is 0 Å². The molecule has 0 aliphatic heterocycles. The summed E-state index contributed by atoms with van der Waals surface area (Å²) in [6, 6.07) is 0. The van der Waals surface area contributed by atoms with Crippen LogP contribution in [0, 0.1) is 5.41 Å². The van der Waals surface area contributed by atoms with Crippen molar-refractivity contribution in [3.8, 4) is 0 Å². The van der Waals surface area contributed by atoms with Gasteiger partial charge in [0, 0.05) is 27.3 Å². The zero-order valence-corrected chi connectivity index (χ0v) is 11.6. The van der Waals surface area contributed by atoms with Gasteiger partial charge in [-0.15, -0.1) is 0 Å². The Bertz CT molecular complexity index is 156. The van der Waals surface area contributed by atoms with Crippen LogP contribution in [0.4, 0.5) is 0 Å². The molecule has 0 atom stereocenters. The Balaban J connectivity index is 3.63. The van der Waals surface area contributed by atoms with Gasteiger partial charge in [-0.05, 0) is 11.8 Å². The molecule has 0 fully saturated rings. The summed E-state index contributed by atoms with van der Waals surface area (Å²) in [7, 11) is 3.34. The van der Waals surface area contributed by atoms with Gasteiger partial charge in [-0.3, -0.25) is 0 Å². The highest BCUT2D eigenvalue weighted by Crippen LogP contribution is 2.22. The van der Waals surface area contributed by atoms with Crippen molar-refractivity contribution in [2.24, 2.45) is 5.41 Å². The van der Waals surface area contributed by atoms with Crippen LogP contribution in [0.15, 0.2) is 0 Å². The van der Waals surface area contributed by atoms with E-state index in [1.807, 2.05) is 0 Å². The smallest absolute Gasteiger partial charge is 0.169 e. The molecule has 0 aromatic carbocycles. The molecule has 0 rings (SSSR count). The van der Waals surface area contributed by atoms with E-state index in [0.29, 0.717) is 5.41 Å². The lowest BCUT2D eigenvalue weighted by atomic mass is 9.87. The van der Waals surface area contributed by atoms with Gasteiger partial charge in [0.25, 0.3) is 0 Å². The molecule has 0 unspecified atom stereocenters. The second-order valence-corrected chi connectivity index (χ2v) is 5.15. The molecular formula is C13H29NO2. The first kappa shape index (κ1) is 15.9. The van der Waals surface area contributed by atoms with Crippen molar-refractivity contribution in [1.82, 2.24) is 5.32 Å². The van der Waals surface area contributed by atoms with Crippen LogP contribution in [0.3, 0.4) is 0 Å². The number of hydrogen-bond donors (Lipinski definition) is 1. The number of rotatable bonds is 10. The first-order chi connectivity index (χ1) is 7.55. The van der Waals surface area contributed by atoms with Crippen LogP contribution in [0.5, 0.6) is 0 Å². The summed E-state index contributed by atoms with van der Waals surface area (Å²) >= 11 is 0. The largest absolute Gasteiger partial charge is 0.355 e. The van der Waals surface area contributed by atoms with Crippen molar-refractivity contribution >= 4 is 0 Å². The molecule has 0 saturated heterocycles. The van der Waals surface area contributed by atoms with Crippen LogP contribution in [0.2, 0.25) is 0 Å². The molecule has 0 aromatic heterocycles. The second kappa shape index (κ2) is 8.97. The third kappa shape index (κ3) is 8.08. The summed E-state index contributed by atoms with van der Waals surface area (Å²) in [6.07, 6.45) is 5.09. The maximum Gasteiger partial charge on any atom is 0.169 e. The zero-order chi connectivity index (χ0) is 12.4. The molecule has 0 aliphatic rings. The van der Waals surface area contributed by atoms with Crippen molar-refractivity contribution in [2.75, 3.05) is 27.3 Å². The van der Waals surface area contributed by atoms with E-state index < -0.39 is 0 Å². The zero-order valence-electron chi connectivity index (χ0n) is 11.6. The minimum atomic E-state index is -0.133. The van der Waals surface area contributed by atoms with Crippen molar-refractivity contribution in [2.45, 2.75) is 52.7 Å². The first-order valence-electron chi connectivity index (χ1n) is 6.32. The fraction of sp³-hybridized carbons (Fsp3) is 1.00. The number of nitrogens with one attached hydrogen (secondary N) is 1. The average molecular weight is 231 g/mol. The molecule has 0 aromatic rings. The summed E-state index contributed by atoms with van der Waals surface area (Å²) in [6.45, 7) is 8.63. The molecule has 0 bridgehead atoms. The average Bonchev–Trinajstić information content (AvgIpc) is 2.24. The molecular weight excluding hydrogens is 202 g/mol. The Morgan fingerprint density at radius 2 is 1.75 bits per heavy atom. The van der Waals surface area contributed by atoms with E-state index in [2.05, 4.69) is 26.1 Å². The summed E-state index contributed by atoms with van der Waals surface area (Å²) in [4.78, 5) is 0. The molecule has 16 heavy (non-hydrogen) atoms. The standard InChI is InChI=1S/C13H29NO2/c1-6-7-8-9-13(2,3)11-14-10-12(15-4)16-5/h12,14H,6-11H2,1-5H3. The minimum absolute atomic E-state index is 0.133. The van der Waals surface area contributed by atoms with E-state index in [1.165, 1.54) is 25.7 Å². The number of methoxy groups -OCH3 is 2. The molecule has 0 heterocycles. The predicted octanol–water partition coefficient (Wildman–Crippen LogP) is 2.80. The Hall–Kier alpha value is -0.120. The first-order valence-corrected chi connectivity index (χ1v) is 6.32. The SMILES string of the molecule is CCCCCC(C)(C)CNCC(OC)OC. The van der Waals surface area contributed by atoms with Gasteiger partial charge in [0.15, 0.2) is 6.29 Å². The maximum absolute atomic E-state index is 5.13. The lowest BCUT2D eigenvalue weighted by Crippen LogP contribution is -2.36. The highest BCUT2D eigenvalue weighted by Gasteiger charge is 2.17. The van der Waals surface area contributed by atoms with Gasteiger partial charge in [-0.25, -0.2) is 0 Å². The lowest BCUT2D eigenvalue weighted by molar-refractivity contribution is -0.0994. The van der Waals surface area contributed by atoms with Gasteiger partial charge < -0.3 is 14.8 Å². The van der Waals surface area contributed by atoms with Crippen LogP contribution in [0.25, 0.3) is 0 Å². The predicted molar refractivity (Wildman–Crippen MR) is 68.6 cm³/mol. The Morgan fingerprint density at radius 3 is 2.25 bits per heavy atom. The molecule has 0 aliphatic carbocycles. The lowest BCUT2D eigenvalue weighted by Gasteiger charge is -2.26. The van der Waals surface area contributed by atoms with Crippen LogP contribution in [-0.4, -0.2) is 33.6 Å². The molecule has 3 nitrogen and oxygen atoms in total. The van der Waals surface area contributed by atoms with Crippen LogP contribution in [0.1, 0.15) is 46.5 Å². The molecule has 3 heteroatoms. The van der Waals surface area contributed by atoms with Crippen LogP contribution >= 0.6 is 0 Å². The summed E-state index contributed by atoms with van der Waals surface area (Å²) in [5.74, 6) is 0. The quantitative estimate of drug-likeness (QED) is 0.463. The molecule has 0 spiro atoms. The van der Waals surface area contributed by atoms with Gasteiger partial charge in [-0.2, -0.15) is 0 Å². The topological polar surface area (TPSA) is 30.5 Å². The van der Waals surface area contributed by atoms with Crippen molar-refractivity contribution < 1.29 is 9.47 Å². The fourth-order valence-corrected chi connectivity index (χ4v) is 1.73. The monoisotopic (exact) mass is 231 g/mol. The Kier molecular flexibility index (Phi) is 8.90. The Labute approximate surface area is 101 Å². The molecule has 0 saturated carbocycles.